The normalized spacial score (nSPS) is 21.3. The fourth-order valence-corrected chi connectivity index (χ4v) is 7.17. The molecule has 0 spiro atoms. The van der Waals surface area contributed by atoms with E-state index in [-0.39, 0.29) is 42.8 Å². The summed E-state index contributed by atoms with van der Waals surface area (Å²) in [5.41, 5.74) is 3.29. The molecule has 1 aromatic carbocycles. The van der Waals surface area contributed by atoms with E-state index in [0.717, 1.165) is 34.5 Å². The van der Waals surface area contributed by atoms with Crippen molar-refractivity contribution in [2.75, 3.05) is 13.1 Å². The minimum Gasteiger partial charge on any atom is -0.391 e. The van der Waals surface area contributed by atoms with Gasteiger partial charge in [0.1, 0.15) is 12.1 Å². The molecule has 12 heteroatoms. The maximum atomic E-state index is 13.9. The second kappa shape index (κ2) is 13.1. The monoisotopic (exact) mass is 613 g/mol. The van der Waals surface area contributed by atoms with Crippen molar-refractivity contribution in [3.8, 4) is 10.4 Å². The summed E-state index contributed by atoms with van der Waals surface area (Å²) in [6, 6.07) is 5.66. The summed E-state index contributed by atoms with van der Waals surface area (Å²) in [5, 5.41) is 27.7. The Balaban J connectivity index is 1.45. The maximum absolute atomic E-state index is 13.9. The molecule has 1 aromatic heterocycles. The lowest BCUT2D eigenvalue weighted by atomic mass is 9.81. The molecule has 1 saturated carbocycles. The second-order valence-electron chi connectivity index (χ2n) is 13.3. The number of β-amino-alcohol motifs (C(OH)–C–C–N with tert-alkyl or cyclic N) is 1. The molecule has 0 unspecified atom stereocenters. The molecule has 4 rings (SSSR count). The highest BCUT2D eigenvalue weighted by molar-refractivity contribution is 7.13. The fraction of sp³-hybridized carbons (Fsp3) is 0.613. The summed E-state index contributed by atoms with van der Waals surface area (Å²) < 4.78 is 0. The number of nitro groups is 1. The minimum absolute atomic E-state index is 0.0259. The Kier molecular flexibility index (Phi) is 9.90. The van der Waals surface area contributed by atoms with Crippen molar-refractivity contribution in [3.63, 3.8) is 0 Å². The molecule has 2 aliphatic rings. The van der Waals surface area contributed by atoms with Crippen molar-refractivity contribution < 1.29 is 24.4 Å². The number of aryl methyl sites for hydroxylation is 1. The van der Waals surface area contributed by atoms with Crippen LogP contribution in [0.4, 0.5) is 0 Å². The van der Waals surface area contributed by atoms with E-state index in [4.69, 9.17) is 0 Å². The zero-order chi connectivity index (χ0) is 31.5. The molecule has 0 bridgehead atoms. The van der Waals surface area contributed by atoms with Gasteiger partial charge >= 0.3 is 0 Å². The summed E-state index contributed by atoms with van der Waals surface area (Å²) in [4.78, 5) is 58.4. The van der Waals surface area contributed by atoms with E-state index in [1.54, 1.807) is 11.3 Å². The van der Waals surface area contributed by atoms with Crippen LogP contribution in [0.15, 0.2) is 29.8 Å². The number of aliphatic hydroxyl groups is 1. The SMILES string of the molecule is Cc1ncsc1-c1ccc([C@H](C)NC(=O)[C@@H]2C[C@@H](O)CN2C(=O)[C@@H](NC(=O)CC2(C[N+](=O)[O-])CCCC2)C(C)(C)C)cc1. The number of aromatic nitrogens is 1. The van der Waals surface area contributed by atoms with Gasteiger partial charge in [0.25, 0.3) is 0 Å². The minimum atomic E-state index is -0.977. The molecule has 1 saturated heterocycles. The van der Waals surface area contributed by atoms with Gasteiger partial charge in [0, 0.05) is 29.7 Å². The number of benzene rings is 1. The van der Waals surface area contributed by atoms with Crippen molar-refractivity contribution in [1.82, 2.24) is 20.5 Å². The molecule has 4 atom stereocenters. The first-order chi connectivity index (χ1) is 20.2. The van der Waals surface area contributed by atoms with Crippen molar-refractivity contribution in [2.45, 2.75) is 97.4 Å². The summed E-state index contributed by atoms with van der Waals surface area (Å²) in [6.07, 6.45) is 2.04. The molecule has 11 nitrogen and oxygen atoms in total. The van der Waals surface area contributed by atoms with Crippen LogP contribution in [0.5, 0.6) is 0 Å². The quantitative estimate of drug-likeness (QED) is 0.270. The van der Waals surface area contributed by atoms with Crippen molar-refractivity contribution in [3.05, 3.63) is 51.1 Å². The van der Waals surface area contributed by atoms with Crippen molar-refractivity contribution in [2.24, 2.45) is 10.8 Å². The fourth-order valence-electron chi connectivity index (χ4n) is 6.36. The third kappa shape index (κ3) is 7.77. The van der Waals surface area contributed by atoms with Crippen molar-refractivity contribution in [1.29, 1.82) is 0 Å². The van der Waals surface area contributed by atoms with Gasteiger partial charge in [0.15, 0.2) is 0 Å². The number of thiazole rings is 1. The predicted octanol–water partition coefficient (Wildman–Crippen LogP) is 4.02. The summed E-state index contributed by atoms with van der Waals surface area (Å²) in [5.74, 6) is -1.25. The zero-order valence-corrected chi connectivity index (χ0v) is 26.4. The molecule has 3 amide bonds. The predicted molar refractivity (Wildman–Crippen MR) is 164 cm³/mol. The smallest absolute Gasteiger partial charge is 0.246 e. The topological polar surface area (TPSA) is 155 Å². The Morgan fingerprint density at radius 3 is 2.40 bits per heavy atom. The summed E-state index contributed by atoms with van der Waals surface area (Å²) >= 11 is 1.57. The van der Waals surface area contributed by atoms with Gasteiger partial charge in [0.05, 0.1) is 28.2 Å². The number of hydrogen-bond acceptors (Lipinski definition) is 8. The highest BCUT2D eigenvalue weighted by atomic mass is 32.1. The van der Waals surface area contributed by atoms with Crippen LogP contribution in [-0.2, 0) is 14.4 Å². The highest BCUT2D eigenvalue weighted by Crippen LogP contribution is 2.41. The van der Waals surface area contributed by atoms with E-state index >= 15 is 0 Å². The molecule has 1 aliphatic heterocycles. The van der Waals surface area contributed by atoms with Gasteiger partial charge < -0.3 is 20.6 Å². The number of carbonyl (C=O) groups excluding carboxylic acids is 3. The number of hydrogen-bond donors (Lipinski definition) is 3. The Bertz CT molecular complexity index is 1330. The van der Waals surface area contributed by atoms with E-state index in [1.165, 1.54) is 4.90 Å². The van der Waals surface area contributed by atoms with Crippen molar-refractivity contribution >= 4 is 29.1 Å². The van der Waals surface area contributed by atoms with Crippen LogP contribution < -0.4 is 10.6 Å². The lowest BCUT2D eigenvalue weighted by Gasteiger charge is -2.36. The van der Waals surface area contributed by atoms with Gasteiger partial charge in [-0.3, -0.25) is 24.5 Å². The van der Waals surface area contributed by atoms with Crippen LogP contribution in [0.1, 0.15) is 83.5 Å². The largest absolute Gasteiger partial charge is 0.391 e. The summed E-state index contributed by atoms with van der Waals surface area (Å²) in [6.45, 7) is 8.98. The molecule has 2 heterocycles. The Labute approximate surface area is 256 Å². The Morgan fingerprint density at radius 1 is 1.19 bits per heavy atom. The van der Waals surface area contributed by atoms with Crippen LogP contribution >= 0.6 is 11.3 Å². The molecule has 2 aromatic rings. The Hall–Kier alpha value is -3.38. The molecular formula is C31H43N5O6S. The van der Waals surface area contributed by atoms with E-state index in [1.807, 2.05) is 64.4 Å². The molecular weight excluding hydrogens is 570 g/mol. The number of carbonyl (C=O) groups is 3. The van der Waals surface area contributed by atoms with Gasteiger partial charge in [-0.1, -0.05) is 57.9 Å². The average molecular weight is 614 g/mol. The molecule has 3 N–H and O–H groups in total. The first-order valence-corrected chi connectivity index (χ1v) is 15.8. The van der Waals surface area contributed by atoms with Gasteiger partial charge in [-0.2, -0.15) is 0 Å². The third-order valence-corrected chi connectivity index (χ3v) is 9.70. The lowest BCUT2D eigenvalue weighted by Crippen LogP contribution is -2.58. The number of amides is 3. The van der Waals surface area contributed by atoms with Crippen LogP contribution in [0.2, 0.25) is 0 Å². The number of rotatable bonds is 10. The van der Waals surface area contributed by atoms with Gasteiger partial charge in [-0.15, -0.1) is 11.3 Å². The van der Waals surface area contributed by atoms with E-state index in [0.29, 0.717) is 12.8 Å². The molecule has 2 fully saturated rings. The first-order valence-electron chi connectivity index (χ1n) is 14.9. The first kappa shape index (κ1) is 32.5. The third-order valence-electron chi connectivity index (χ3n) is 8.72. The van der Waals surface area contributed by atoms with E-state index < -0.39 is 40.8 Å². The van der Waals surface area contributed by atoms with Crippen LogP contribution in [0.3, 0.4) is 0 Å². The molecule has 234 valence electrons. The number of nitrogens with zero attached hydrogens (tertiary/aromatic N) is 3. The Morgan fingerprint density at radius 2 is 1.84 bits per heavy atom. The van der Waals surface area contributed by atoms with Gasteiger partial charge in [0.2, 0.25) is 24.3 Å². The van der Waals surface area contributed by atoms with E-state index in [2.05, 4.69) is 15.6 Å². The average Bonchev–Trinajstić information content (AvgIpc) is 3.66. The van der Waals surface area contributed by atoms with Crippen LogP contribution in [-0.4, -0.2) is 68.9 Å². The van der Waals surface area contributed by atoms with Gasteiger partial charge in [-0.05, 0) is 43.2 Å². The number of nitrogens with one attached hydrogen (secondary N) is 2. The standard InChI is InChI=1S/C31H43N5O6S/c1-19(21-8-10-22(11-9-21)26-20(2)32-18-43-26)33-28(39)24-14-23(37)16-35(24)29(40)27(30(3,4)5)34-25(38)15-31(17-36(41)42)12-6-7-13-31/h8-11,18-19,23-24,27,37H,6-7,12-17H2,1-5H3,(H,33,39)(H,34,38)/t19-,23+,24-,27+/m0/s1. The molecule has 0 radical (unpaired) electrons. The van der Waals surface area contributed by atoms with Crippen LogP contribution in [0, 0.1) is 27.9 Å². The van der Waals surface area contributed by atoms with E-state index in [9.17, 15) is 29.6 Å². The summed E-state index contributed by atoms with van der Waals surface area (Å²) in [7, 11) is 0. The number of aliphatic hydroxyl groups excluding tert-OH is 1. The van der Waals surface area contributed by atoms with Crippen LogP contribution in [0.25, 0.3) is 10.4 Å². The highest BCUT2D eigenvalue weighted by Gasteiger charge is 2.46. The molecule has 1 aliphatic carbocycles. The maximum Gasteiger partial charge on any atom is 0.246 e. The second-order valence-corrected chi connectivity index (χ2v) is 14.1. The number of likely N-dealkylation sites (tertiary alicyclic amines) is 1. The lowest BCUT2D eigenvalue weighted by molar-refractivity contribution is -0.497. The molecule has 43 heavy (non-hydrogen) atoms. The van der Waals surface area contributed by atoms with Gasteiger partial charge in [-0.25, -0.2) is 4.98 Å². The zero-order valence-electron chi connectivity index (χ0n) is 25.6.